The maximum atomic E-state index is 12.5. The summed E-state index contributed by atoms with van der Waals surface area (Å²) in [4.78, 5) is 19.0. The van der Waals surface area contributed by atoms with Crippen molar-refractivity contribution < 1.29 is 30.3 Å². The Morgan fingerprint density at radius 1 is 1.21 bits per heavy atom. The van der Waals surface area contributed by atoms with Gasteiger partial charge in [0.25, 0.3) is 5.56 Å². The highest BCUT2D eigenvalue weighted by molar-refractivity contribution is 5.80. The zero-order valence-corrected chi connectivity index (χ0v) is 15.2. The SMILES string of the molecule is Nc1nc(=O)c2c(CN[C@H]3C=C[C@H](O)[C@@H]3O)cn([C@@H]3O[C@H](CO)[C@@H](O)[C@@H]3O)c2[nH]1. The Labute approximate surface area is 163 Å². The molecule has 0 unspecified atom stereocenters. The van der Waals surface area contributed by atoms with E-state index in [1.807, 2.05) is 0 Å². The van der Waals surface area contributed by atoms with Gasteiger partial charge in [-0.1, -0.05) is 12.2 Å². The number of fused-ring (bicyclic) bond motifs is 1. The van der Waals surface area contributed by atoms with Crippen molar-refractivity contribution >= 4 is 17.0 Å². The van der Waals surface area contributed by atoms with E-state index in [0.717, 1.165) is 0 Å². The minimum absolute atomic E-state index is 0.131. The van der Waals surface area contributed by atoms with Crippen LogP contribution in [0.15, 0.2) is 23.1 Å². The second-order valence-corrected chi connectivity index (χ2v) is 7.21. The van der Waals surface area contributed by atoms with Crippen LogP contribution in [0, 0.1) is 0 Å². The van der Waals surface area contributed by atoms with Gasteiger partial charge in [0.1, 0.15) is 30.1 Å². The summed E-state index contributed by atoms with van der Waals surface area (Å²) < 4.78 is 6.98. The van der Waals surface area contributed by atoms with Gasteiger partial charge in [0, 0.05) is 12.7 Å². The first kappa shape index (κ1) is 20.0. The maximum Gasteiger partial charge on any atom is 0.284 e. The van der Waals surface area contributed by atoms with Crippen molar-refractivity contribution in [1.29, 1.82) is 0 Å². The van der Waals surface area contributed by atoms with E-state index < -0.39 is 55.0 Å². The molecular weight excluding hydrogens is 386 g/mol. The summed E-state index contributed by atoms with van der Waals surface area (Å²) in [5.41, 5.74) is 5.78. The molecule has 0 spiro atoms. The molecule has 0 amide bonds. The van der Waals surface area contributed by atoms with Crippen molar-refractivity contribution in [3.63, 3.8) is 0 Å². The van der Waals surface area contributed by atoms with Crippen LogP contribution >= 0.6 is 0 Å². The Balaban J connectivity index is 1.71. The third-order valence-electron chi connectivity index (χ3n) is 5.35. The van der Waals surface area contributed by atoms with E-state index in [4.69, 9.17) is 10.5 Å². The molecule has 1 aliphatic heterocycles. The molecule has 12 nitrogen and oxygen atoms in total. The molecule has 1 fully saturated rings. The van der Waals surface area contributed by atoms with Gasteiger partial charge in [-0.3, -0.25) is 4.79 Å². The molecule has 2 aliphatic rings. The average Bonchev–Trinajstić information content (AvgIpc) is 3.29. The molecule has 29 heavy (non-hydrogen) atoms. The lowest BCUT2D eigenvalue weighted by molar-refractivity contribution is -0.0509. The summed E-state index contributed by atoms with van der Waals surface area (Å²) in [6.07, 6.45) is -2.07. The van der Waals surface area contributed by atoms with Crippen LogP contribution in [0.4, 0.5) is 5.95 Å². The lowest BCUT2D eigenvalue weighted by atomic mass is 10.1. The standard InChI is InChI=1S/C17H23N5O7/c18-17-20-14-10(15(28)21-17)6(3-19-7-1-2-8(24)11(7)25)4-22(14)16-13(27)12(26)9(5-23)29-16/h1-2,4,7-9,11-13,16,19,23-27H,3,5H2,(H3,18,20,21,28)/t7-,8-,9+,11+,12+,13-,16+/m0/s1. The first-order valence-electron chi connectivity index (χ1n) is 9.11. The molecule has 0 aromatic carbocycles. The minimum atomic E-state index is -1.35. The molecule has 158 valence electrons. The van der Waals surface area contributed by atoms with Crippen LogP contribution in [0.1, 0.15) is 11.8 Å². The maximum absolute atomic E-state index is 12.5. The van der Waals surface area contributed by atoms with Crippen LogP contribution in [0.5, 0.6) is 0 Å². The lowest BCUT2D eigenvalue weighted by Gasteiger charge is -2.18. The molecule has 3 heterocycles. The Hall–Kier alpha value is -2.32. The number of anilines is 1. The molecule has 1 aliphatic carbocycles. The number of aliphatic hydroxyl groups excluding tert-OH is 5. The summed E-state index contributed by atoms with van der Waals surface area (Å²) in [5.74, 6) is -0.134. The number of H-pyrrole nitrogens is 1. The zero-order valence-electron chi connectivity index (χ0n) is 15.2. The highest BCUT2D eigenvalue weighted by Crippen LogP contribution is 2.32. The minimum Gasteiger partial charge on any atom is -0.394 e. The molecule has 2 aromatic rings. The molecule has 9 N–H and O–H groups in total. The fraction of sp³-hybridized carbons (Fsp3) is 0.529. The predicted molar refractivity (Wildman–Crippen MR) is 99.6 cm³/mol. The second kappa shape index (κ2) is 7.50. The van der Waals surface area contributed by atoms with E-state index in [-0.39, 0.29) is 23.5 Å². The number of hydrogen-bond acceptors (Lipinski definition) is 10. The fourth-order valence-electron chi connectivity index (χ4n) is 3.79. The number of aliphatic hydroxyl groups is 5. The van der Waals surface area contributed by atoms with Gasteiger partial charge in [-0.2, -0.15) is 4.98 Å². The van der Waals surface area contributed by atoms with Gasteiger partial charge >= 0.3 is 0 Å². The third-order valence-corrected chi connectivity index (χ3v) is 5.35. The van der Waals surface area contributed by atoms with Gasteiger partial charge in [0.2, 0.25) is 5.95 Å². The average molecular weight is 409 g/mol. The summed E-state index contributed by atoms with van der Waals surface area (Å²) in [5, 5.41) is 52.5. The Morgan fingerprint density at radius 2 is 1.97 bits per heavy atom. The monoisotopic (exact) mass is 409 g/mol. The zero-order chi connectivity index (χ0) is 20.9. The first-order chi connectivity index (χ1) is 13.8. The molecule has 1 saturated heterocycles. The second-order valence-electron chi connectivity index (χ2n) is 7.21. The number of hydrogen-bond donors (Lipinski definition) is 8. The van der Waals surface area contributed by atoms with Crippen molar-refractivity contribution in [1.82, 2.24) is 19.9 Å². The van der Waals surface area contributed by atoms with Gasteiger partial charge in [-0.15, -0.1) is 0 Å². The molecular formula is C17H23N5O7. The number of nitrogens with zero attached hydrogens (tertiary/aromatic N) is 2. The van der Waals surface area contributed by atoms with Gasteiger partial charge < -0.3 is 50.9 Å². The summed E-state index contributed by atoms with van der Waals surface area (Å²) >= 11 is 0. The van der Waals surface area contributed by atoms with Crippen molar-refractivity contribution in [3.8, 4) is 0 Å². The van der Waals surface area contributed by atoms with Crippen molar-refractivity contribution in [2.45, 2.75) is 49.3 Å². The molecule has 4 rings (SSSR count). The van der Waals surface area contributed by atoms with Gasteiger partial charge in [0.15, 0.2) is 6.23 Å². The number of nitrogens with two attached hydrogens (primary N) is 1. The smallest absolute Gasteiger partial charge is 0.284 e. The summed E-state index contributed by atoms with van der Waals surface area (Å²) in [6, 6.07) is -0.516. The van der Waals surface area contributed by atoms with Gasteiger partial charge in [-0.05, 0) is 5.56 Å². The van der Waals surface area contributed by atoms with Crippen LogP contribution in [-0.4, -0.2) is 83.2 Å². The van der Waals surface area contributed by atoms with Crippen LogP contribution in [0.2, 0.25) is 0 Å². The summed E-state index contributed by atoms with van der Waals surface area (Å²) in [7, 11) is 0. The highest BCUT2D eigenvalue weighted by Gasteiger charge is 2.44. The van der Waals surface area contributed by atoms with E-state index in [9.17, 15) is 30.3 Å². The van der Waals surface area contributed by atoms with Crippen LogP contribution in [0.25, 0.3) is 11.0 Å². The third kappa shape index (κ3) is 3.34. The van der Waals surface area contributed by atoms with Crippen LogP contribution in [-0.2, 0) is 11.3 Å². The van der Waals surface area contributed by atoms with Crippen molar-refractivity contribution in [2.75, 3.05) is 12.3 Å². The number of aromatic nitrogens is 3. The predicted octanol–water partition coefficient (Wildman–Crippen LogP) is -3.33. The van der Waals surface area contributed by atoms with Crippen molar-refractivity contribution in [3.05, 3.63) is 34.3 Å². The molecule has 7 atom stereocenters. The van der Waals surface area contributed by atoms with E-state index in [2.05, 4.69) is 15.3 Å². The van der Waals surface area contributed by atoms with E-state index in [1.165, 1.54) is 10.6 Å². The number of ether oxygens (including phenoxy) is 1. The van der Waals surface area contributed by atoms with E-state index >= 15 is 0 Å². The van der Waals surface area contributed by atoms with E-state index in [0.29, 0.717) is 5.56 Å². The first-order valence-corrected chi connectivity index (χ1v) is 9.11. The number of nitrogen functional groups attached to an aromatic ring is 1. The Kier molecular flexibility index (Phi) is 5.16. The van der Waals surface area contributed by atoms with Gasteiger partial charge in [0.05, 0.1) is 24.1 Å². The molecule has 12 heteroatoms. The quantitative estimate of drug-likeness (QED) is 0.231. The van der Waals surface area contributed by atoms with E-state index in [1.54, 1.807) is 12.3 Å². The fourth-order valence-corrected chi connectivity index (χ4v) is 3.79. The van der Waals surface area contributed by atoms with Gasteiger partial charge in [-0.25, -0.2) is 0 Å². The Bertz CT molecular complexity index is 988. The normalized spacial score (nSPS) is 34.4. The number of aromatic amines is 1. The Morgan fingerprint density at radius 3 is 2.59 bits per heavy atom. The summed E-state index contributed by atoms with van der Waals surface area (Å²) in [6.45, 7) is -0.359. The molecule has 0 radical (unpaired) electrons. The van der Waals surface area contributed by atoms with Crippen LogP contribution < -0.4 is 16.6 Å². The largest absolute Gasteiger partial charge is 0.394 e. The lowest BCUT2D eigenvalue weighted by Crippen LogP contribution is -2.40. The number of rotatable bonds is 5. The molecule has 0 saturated carbocycles. The molecule has 2 aromatic heterocycles. The molecule has 0 bridgehead atoms. The number of nitrogens with one attached hydrogen (secondary N) is 2. The topological polar surface area (TPSA) is 199 Å². The van der Waals surface area contributed by atoms with Crippen LogP contribution in [0.3, 0.4) is 0 Å². The van der Waals surface area contributed by atoms with Crippen molar-refractivity contribution in [2.24, 2.45) is 0 Å². The highest BCUT2D eigenvalue weighted by atomic mass is 16.6.